The maximum Gasteiger partial charge on any atom is 0.306 e. The van der Waals surface area contributed by atoms with Crippen molar-refractivity contribution in [1.29, 1.82) is 0 Å². The number of esters is 1. The number of piperidine rings is 1. The van der Waals surface area contributed by atoms with E-state index in [1.165, 1.54) is 11.4 Å². The molecular weight excluding hydrogens is 256 g/mol. The Labute approximate surface area is 109 Å². The Morgan fingerprint density at radius 3 is 2.78 bits per heavy atom. The zero-order chi connectivity index (χ0) is 13.6. The molecule has 0 aromatic heterocycles. The number of hydrogen-bond donors (Lipinski definition) is 1. The van der Waals surface area contributed by atoms with E-state index in [1.54, 1.807) is 0 Å². The predicted octanol–water partition coefficient (Wildman–Crippen LogP) is -0.0468. The number of methoxy groups -OCH3 is 1. The Kier molecular flexibility index (Phi) is 6.04. The van der Waals surface area contributed by atoms with Gasteiger partial charge in [-0.15, -0.1) is 0 Å². The number of carbonyl (C=O) groups is 1. The van der Waals surface area contributed by atoms with Crippen LogP contribution in [0.1, 0.15) is 25.7 Å². The van der Waals surface area contributed by atoms with Crippen molar-refractivity contribution in [3.63, 3.8) is 0 Å². The van der Waals surface area contributed by atoms with Crippen LogP contribution in [0.25, 0.3) is 0 Å². The summed E-state index contributed by atoms with van der Waals surface area (Å²) >= 11 is 0. The highest BCUT2D eigenvalue weighted by atomic mass is 32.2. The van der Waals surface area contributed by atoms with E-state index in [-0.39, 0.29) is 18.2 Å². The van der Waals surface area contributed by atoms with E-state index < -0.39 is 16.0 Å². The van der Waals surface area contributed by atoms with Crippen LogP contribution in [-0.2, 0) is 19.6 Å². The molecule has 18 heavy (non-hydrogen) atoms. The highest BCUT2D eigenvalue weighted by Crippen LogP contribution is 2.20. The molecule has 7 heteroatoms. The predicted molar refractivity (Wildman–Crippen MR) is 68.7 cm³/mol. The van der Waals surface area contributed by atoms with Crippen molar-refractivity contribution in [3.05, 3.63) is 0 Å². The first-order valence-electron chi connectivity index (χ1n) is 6.22. The van der Waals surface area contributed by atoms with Crippen molar-refractivity contribution in [2.75, 3.05) is 33.0 Å². The van der Waals surface area contributed by atoms with Gasteiger partial charge in [0, 0.05) is 19.1 Å². The molecule has 1 unspecified atom stereocenters. The summed E-state index contributed by atoms with van der Waals surface area (Å²) in [4.78, 5) is 11.0. The standard InChI is InChI=1S/C11H22N2O4S/c1-12-9-10-5-3-4-7-13(10)18(15,16)8-6-11(14)17-2/h10,12H,3-9H2,1-2H3. The van der Waals surface area contributed by atoms with E-state index in [2.05, 4.69) is 10.1 Å². The third-order valence-electron chi connectivity index (χ3n) is 3.16. The van der Waals surface area contributed by atoms with Crippen LogP contribution in [0.2, 0.25) is 0 Å². The van der Waals surface area contributed by atoms with Crippen molar-refractivity contribution in [2.45, 2.75) is 31.7 Å². The second-order valence-electron chi connectivity index (χ2n) is 4.46. The second kappa shape index (κ2) is 7.06. The smallest absolute Gasteiger partial charge is 0.306 e. The van der Waals surface area contributed by atoms with Gasteiger partial charge in [0.25, 0.3) is 0 Å². The van der Waals surface area contributed by atoms with Gasteiger partial charge in [-0.25, -0.2) is 8.42 Å². The molecule has 1 N–H and O–H groups in total. The number of carbonyl (C=O) groups excluding carboxylic acids is 1. The largest absolute Gasteiger partial charge is 0.469 e. The van der Waals surface area contributed by atoms with Gasteiger partial charge in [-0.1, -0.05) is 6.42 Å². The lowest BCUT2D eigenvalue weighted by Crippen LogP contribution is -2.48. The third kappa shape index (κ3) is 4.22. The van der Waals surface area contributed by atoms with Crippen LogP contribution in [0.3, 0.4) is 0 Å². The van der Waals surface area contributed by atoms with Crippen molar-refractivity contribution in [2.24, 2.45) is 0 Å². The summed E-state index contributed by atoms with van der Waals surface area (Å²) in [5.41, 5.74) is 0. The number of nitrogens with one attached hydrogen (secondary N) is 1. The maximum absolute atomic E-state index is 12.2. The first-order chi connectivity index (χ1) is 8.51. The Morgan fingerprint density at radius 1 is 1.44 bits per heavy atom. The van der Waals surface area contributed by atoms with Crippen LogP contribution in [0.4, 0.5) is 0 Å². The Balaban J connectivity index is 2.65. The molecule has 0 aromatic rings. The van der Waals surface area contributed by atoms with Gasteiger partial charge in [-0.2, -0.15) is 4.31 Å². The molecule has 1 saturated heterocycles. The van der Waals surface area contributed by atoms with Crippen LogP contribution in [0.5, 0.6) is 0 Å². The Morgan fingerprint density at radius 2 is 2.17 bits per heavy atom. The van der Waals surface area contributed by atoms with Gasteiger partial charge in [0.05, 0.1) is 19.3 Å². The molecule has 0 bridgehead atoms. The summed E-state index contributed by atoms with van der Waals surface area (Å²) in [5.74, 6) is -0.652. The molecule has 106 valence electrons. The normalized spacial score (nSPS) is 21.8. The zero-order valence-electron chi connectivity index (χ0n) is 11.0. The first-order valence-corrected chi connectivity index (χ1v) is 7.83. The van der Waals surface area contributed by atoms with E-state index in [0.717, 1.165) is 19.3 Å². The highest BCUT2D eigenvalue weighted by molar-refractivity contribution is 7.89. The third-order valence-corrected chi connectivity index (χ3v) is 5.08. The van der Waals surface area contributed by atoms with E-state index in [9.17, 15) is 13.2 Å². The van der Waals surface area contributed by atoms with Crippen molar-refractivity contribution in [3.8, 4) is 0 Å². The molecular formula is C11H22N2O4S. The minimum absolute atomic E-state index is 0.00592. The lowest BCUT2D eigenvalue weighted by atomic mass is 10.1. The fraction of sp³-hybridized carbons (Fsp3) is 0.909. The molecule has 0 radical (unpaired) electrons. The number of sulfonamides is 1. The highest BCUT2D eigenvalue weighted by Gasteiger charge is 2.31. The molecule has 0 amide bonds. The summed E-state index contributed by atoms with van der Waals surface area (Å²) in [6.07, 6.45) is 2.73. The molecule has 0 aliphatic carbocycles. The van der Waals surface area contributed by atoms with E-state index >= 15 is 0 Å². The SMILES string of the molecule is CNCC1CCCCN1S(=O)(=O)CCC(=O)OC. The molecule has 1 atom stereocenters. The van der Waals surface area contributed by atoms with Crippen LogP contribution < -0.4 is 5.32 Å². The average Bonchev–Trinajstić information content (AvgIpc) is 2.37. The van der Waals surface area contributed by atoms with Crippen molar-refractivity contribution >= 4 is 16.0 Å². The zero-order valence-corrected chi connectivity index (χ0v) is 11.8. The maximum atomic E-state index is 12.2. The molecule has 1 heterocycles. The summed E-state index contributed by atoms with van der Waals surface area (Å²) in [7, 11) is -0.290. The van der Waals surface area contributed by atoms with Gasteiger partial charge in [-0.3, -0.25) is 4.79 Å². The number of nitrogens with zero attached hydrogens (tertiary/aromatic N) is 1. The summed E-state index contributed by atoms with van der Waals surface area (Å²) in [6, 6.07) is 0.00592. The number of rotatable bonds is 6. The van der Waals surface area contributed by atoms with Crippen molar-refractivity contribution < 1.29 is 17.9 Å². The molecule has 1 rings (SSSR count). The topological polar surface area (TPSA) is 75.7 Å². The molecule has 0 saturated carbocycles. The van der Waals surface area contributed by atoms with Crippen LogP contribution in [0, 0.1) is 0 Å². The van der Waals surface area contributed by atoms with Gasteiger partial charge >= 0.3 is 5.97 Å². The van der Waals surface area contributed by atoms with Gasteiger partial charge < -0.3 is 10.1 Å². The molecule has 1 aliphatic rings. The monoisotopic (exact) mass is 278 g/mol. The Hall–Kier alpha value is -0.660. The van der Waals surface area contributed by atoms with E-state index in [1.807, 2.05) is 7.05 Å². The van der Waals surface area contributed by atoms with Crippen LogP contribution >= 0.6 is 0 Å². The minimum Gasteiger partial charge on any atom is -0.469 e. The number of likely N-dealkylation sites (N-methyl/N-ethyl adjacent to an activating group) is 1. The first kappa shape index (κ1) is 15.4. The van der Waals surface area contributed by atoms with Gasteiger partial charge in [0.1, 0.15) is 0 Å². The number of ether oxygens (including phenoxy) is 1. The van der Waals surface area contributed by atoms with E-state index in [4.69, 9.17) is 0 Å². The molecule has 1 aliphatic heterocycles. The molecule has 1 fully saturated rings. The fourth-order valence-electron chi connectivity index (χ4n) is 2.21. The van der Waals surface area contributed by atoms with Crippen LogP contribution in [0.15, 0.2) is 0 Å². The number of hydrogen-bond acceptors (Lipinski definition) is 5. The van der Waals surface area contributed by atoms with E-state index in [0.29, 0.717) is 13.1 Å². The van der Waals surface area contributed by atoms with Gasteiger partial charge in [-0.05, 0) is 19.9 Å². The lowest BCUT2D eigenvalue weighted by molar-refractivity contribution is -0.140. The second-order valence-corrected chi connectivity index (χ2v) is 6.50. The quantitative estimate of drug-likeness (QED) is 0.690. The van der Waals surface area contributed by atoms with Crippen LogP contribution in [-0.4, -0.2) is 57.7 Å². The lowest BCUT2D eigenvalue weighted by Gasteiger charge is -2.34. The summed E-state index contributed by atoms with van der Waals surface area (Å²) in [5, 5.41) is 3.02. The summed E-state index contributed by atoms with van der Waals surface area (Å²) in [6.45, 7) is 1.20. The van der Waals surface area contributed by atoms with Gasteiger partial charge in [0.15, 0.2) is 0 Å². The molecule has 6 nitrogen and oxygen atoms in total. The average molecular weight is 278 g/mol. The van der Waals surface area contributed by atoms with Gasteiger partial charge in [0.2, 0.25) is 10.0 Å². The molecule has 0 spiro atoms. The Bertz CT molecular complexity index is 367. The molecule has 0 aromatic carbocycles. The summed E-state index contributed by atoms with van der Waals surface area (Å²) < 4.78 is 30.4. The fourth-order valence-corrected chi connectivity index (χ4v) is 3.91. The minimum atomic E-state index is -3.37. The van der Waals surface area contributed by atoms with Crippen molar-refractivity contribution in [1.82, 2.24) is 9.62 Å².